The zero-order valence-corrected chi connectivity index (χ0v) is 10.2. The van der Waals surface area contributed by atoms with Crippen molar-refractivity contribution in [3.05, 3.63) is 34.6 Å². The van der Waals surface area contributed by atoms with Gasteiger partial charge in [-0.2, -0.15) is 0 Å². The number of hydrogen-bond donors (Lipinski definition) is 3. The lowest BCUT2D eigenvalue weighted by atomic mass is 10.1. The summed E-state index contributed by atoms with van der Waals surface area (Å²) in [5, 5.41) is 16.0. The van der Waals surface area contributed by atoms with Crippen molar-refractivity contribution in [3.8, 4) is 0 Å². The van der Waals surface area contributed by atoms with Gasteiger partial charge in [-0.3, -0.25) is 0 Å². The van der Waals surface area contributed by atoms with Crippen LogP contribution in [0.5, 0.6) is 0 Å². The molecule has 17 heavy (non-hydrogen) atoms. The molecular formula is C12H16ClFN2O. The maximum atomic E-state index is 13.5. The zero-order chi connectivity index (χ0) is 12.3. The number of hydrogen-bond acceptors (Lipinski definition) is 3. The Morgan fingerprint density at radius 2 is 2.29 bits per heavy atom. The summed E-state index contributed by atoms with van der Waals surface area (Å²) in [6, 6.07) is 4.97. The third-order valence-corrected chi connectivity index (χ3v) is 3.35. The highest BCUT2D eigenvalue weighted by atomic mass is 35.5. The van der Waals surface area contributed by atoms with Crippen molar-refractivity contribution in [2.45, 2.75) is 12.6 Å². The molecule has 3 N–H and O–H groups in total. The predicted molar refractivity (Wildman–Crippen MR) is 65.5 cm³/mol. The van der Waals surface area contributed by atoms with Gasteiger partial charge in [-0.05, 0) is 6.07 Å². The molecule has 2 rings (SSSR count). The summed E-state index contributed by atoms with van der Waals surface area (Å²) in [5.74, 6) is -0.177. The minimum absolute atomic E-state index is 0.145. The second-order valence-electron chi connectivity index (χ2n) is 4.33. The summed E-state index contributed by atoms with van der Waals surface area (Å²) in [6.45, 7) is 2.53. The molecule has 2 unspecified atom stereocenters. The fraction of sp³-hybridized carbons (Fsp3) is 0.500. The van der Waals surface area contributed by atoms with Crippen LogP contribution >= 0.6 is 11.6 Å². The molecule has 1 aliphatic rings. The highest BCUT2D eigenvalue weighted by Gasteiger charge is 2.24. The number of nitrogens with one attached hydrogen (secondary N) is 2. The summed E-state index contributed by atoms with van der Waals surface area (Å²) >= 11 is 5.69. The van der Waals surface area contributed by atoms with Gasteiger partial charge < -0.3 is 15.7 Å². The minimum atomic E-state index is -0.369. The fourth-order valence-electron chi connectivity index (χ4n) is 2.00. The molecule has 3 nitrogen and oxygen atoms in total. The Balaban J connectivity index is 1.84. The maximum absolute atomic E-state index is 13.5. The lowest BCUT2D eigenvalue weighted by molar-refractivity contribution is 0.146. The Labute approximate surface area is 105 Å². The number of β-amino-alcohol motifs (C(OH)–C–C–N with tert-alkyl or cyclic N) is 1. The predicted octanol–water partition coefficient (Wildman–Crippen LogP) is 1.15. The van der Waals surface area contributed by atoms with Crippen LogP contribution in [0.4, 0.5) is 4.39 Å². The number of halogens is 2. The van der Waals surface area contributed by atoms with Gasteiger partial charge in [-0.15, -0.1) is 0 Å². The molecule has 0 bridgehead atoms. The Kier molecular flexibility index (Phi) is 4.34. The zero-order valence-electron chi connectivity index (χ0n) is 9.42. The van der Waals surface area contributed by atoms with Crippen LogP contribution in [0.25, 0.3) is 0 Å². The van der Waals surface area contributed by atoms with Crippen LogP contribution < -0.4 is 10.6 Å². The van der Waals surface area contributed by atoms with Crippen LogP contribution in [-0.2, 0) is 6.54 Å². The highest BCUT2D eigenvalue weighted by Crippen LogP contribution is 2.17. The quantitative estimate of drug-likeness (QED) is 0.759. The molecule has 0 radical (unpaired) electrons. The van der Waals surface area contributed by atoms with Gasteiger partial charge in [0.2, 0.25) is 0 Å². The van der Waals surface area contributed by atoms with Crippen molar-refractivity contribution in [1.29, 1.82) is 0 Å². The van der Waals surface area contributed by atoms with E-state index in [2.05, 4.69) is 10.6 Å². The van der Waals surface area contributed by atoms with Gasteiger partial charge in [-0.25, -0.2) is 4.39 Å². The molecule has 1 heterocycles. The first-order valence-electron chi connectivity index (χ1n) is 5.71. The summed E-state index contributed by atoms with van der Waals surface area (Å²) < 4.78 is 13.5. The van der Waals surface area contributed by atoms with E-state index < -0.39 is 0 Å². The van der Waals surface area contributed by atoms with Gasteiger partial charge in [0, 0.05) is 37.7 Å². The molecule has 1 saturated heterocycles. The molecule has 0 saturated carbocycles. The topological polar surface area (TPSA) is 44.3 Å². The molecule has 0 aromatic heterocycles. The molecule has 0 amide bonds. The lowest BCUT2D eigenvalue weighted by Crippen LogP contribution is -2.30. The molecule has 1 aromatic carbocycles. The summed E-state index contributed by atoms with van der Waals surface area (Å²) in [6.07, 6.45) is -0.313. The van der Waals surface area contributed by atoms with E-state index in [4.69, 9.17) is 11.6 Å². The van der Waals surface area contributed by atoms with Crippen LogP contribution in [-0.4, -0.2) is 30.8 Å². The van der Waals surface area contributed by atoms with Gasteiger partial charge in [0.1, 0.15) is 5.82 Å². The molecule has 1 aliphatic heterocycles. The average Bonchev–Trinajstić information content (AvgIpc) is 2.71. The van der Waals surface area contributed by atoms with E-state index in [9.17, 15) is 9.50 Å². The van der Waals surface area contributed by atoms with E-state index in [1.807, 2.05) is 0 Å². The molecule has 0 aliphatic carbocycles. The van der Waals surface area contributed by atoms with E-state index in [0.717, 1.165) is 6.54 Å². The number of benzene rings is 1. The second-order valence-corrected chi connectivity index (χ2v) is 4.74. The van der Waals surface area contributed by atoms with E-state index in [0.29, 0.717) is 25.2 Å². The van der Waals surface area contributed by atoms with Crippen LogP contribution in [0.2, 0.25) is 5.02 Å². The van der Waals surface area contributed by atoms with Crippen LogP contribution in [0.3, 0.4) is 0 Å². The summed E-state index contributed by atoms with van der Waals surface area (Å²) in [4.78, 5) is 0. The molecule has 1 aromatic rings. The van der Waals surface area contributed by atoms with Gasteiger partial charge in [-0.1, -0.05) is 23.7 Å². The van der Waals surface area contributed by atoms with Crippen molar-refractivity contribution < 1.29 is 9.50 Å². The molecule has 2 atom stereocenters. The fourth-order valence-corrected chi connectivity index (χ4v) is 2.20. The van der Waals surface area contributed by atoms with Crippen LogP contribution in [0, 0.1) is 11.7 Å². The van der Waals surface area contributed by atoms with E-state index in [1.54, 1.807) is 12.1 Å². The third-order valence-electron chi connectivity index (χ3n) is 3.06. The Morgan fingerprint density at radius 3 is 3.00 bits per heavy atom. The first kappa shape index (κ1) is 12.8. The first-order chi connectivity index (χ1) is 8.18. The van der Waals surface area contributed by atoms with Crippen LogP contribution in [0.15, 0.2) is 18.2 Å². The molecular weight excluding hydrogens is 243 g/mol. The Bertz CT molecular complexity index is 389. The molecule has 5 heteroatoms. The smallest absolute Gasteiger partial charge is 0.146 e. The number of rotatable bonds is 4. The largest absolute Gasteiger partial charge is 0.391 e. The SMILES string of the molecule is OC1CNCC1CNCc1cccc(Cl)c1F. The first-order valence-corrected chi connectivity index (χ1v) is 6.08. The van der Waals surface area contributed by atoms with Gasteiger partial charge in [0.25, 0.3) is 0 Å². The van der Waals surface area contributed by atoms with E-state index >= 15 is 0 Å². The van der Waals surface area contributed by atoms with Gasteiger partial charge in [0.05, 0.1) is 11.1 Å². The van der Waals surface area contributed by atoms with E-state index in [1.165, 1.54) is 6.07 Å². The normalized spacial score (nSPS) is 24.2. The second kappa shape index (κ2) is 5.78. The molecule has 1 fully saturated rings. The van der Waals surface area contributed by atoms with Crippen LogP contribution in [0.1, 0.15) is 5.56 Å². The van der Waals surface area contributed by atoms with Crippen molar-refractivity contribution in [1.82, 2.24) is 10.6 Å². The molecule has 0 spiro atoms. The summed E-state index contributed by atoms with van der Waals surface area (Å²) in [7, 11) is 0. The lowest BCUT2D eigenvalue weighted by Gasteiger charge is -2.14. The number of aliphatic hydroxyl groups is 1. The van der Waals surface area contributed by atoms with E-state index in [-0.39, 0.29) is 22.9 Å². The average molecular weight is 259 g/mol. The highest BCUT2D eigenvalue weighted by molar-refractivity contribution is 6.30. The van der Waals surface area contributed by atoms with Gasteiger partial charge in [0.15, 0.2) is 0 Å². The third kappa shape index (κ3) is 3.16. The van der Waals surface area contributed by atoms with Crippen molar-refractivity contribution >= 4 is 11.6 Å². The Morgan fingerprint density at radius 1 is 1.47 bits per heavy atom. The summed E-state index contributed by atoms with van der Waals surface area (Å²) in [5.41, 5.74) is 0.554. The Hall–Kier alpha value is -0.680. The van der Waals surface area contributed by atoms with Crippen molar-refractivity contribution in [2.75, 3.05) is 19.6 Å². The van der Waals surface area contributed by atoms with Crippen molar-refractivity contribution in [2.24, 2.45) is 5.92 Å². The van der Waals surface area contributed by atoms with Crippen molar-refractivity contribution in [3.63, 3.8) is 0 Å². The maximum Gasteiger partial charge on any atom is 0.146 e. The molecule has 94 valence electrons. The minimum Gasteiger partial charge on any atom is -0.391 e. The standard InChI is InChI=1S/C12H16ClFN2O/c13-10-3-1-2-8(12(10)14)4-15-5-9-6-16-7-11(9)17/h1-3,9,11,15-17H,4-7H2. The van der Waals surface area contributed by atoms with Gasteiger partial charge >= 0.3 is 0 Å². The number of aliphatic hydroxyl groups excluding tert-OH is 1. The monoisotopic (exact) mass is 258 g/mol.